The van der Waals surface area contributed by atoms with Gasteiger partial charge in [0.2, 0.25) is 0 Å². The Morgan fingerprint density at radius 1 is 1.44 bits per heavy atom. The summed E-state index contributed by atoms with van der Waals surface area (Å²) in [6.45, 7) is 10.3. The number of allylic oxidation sites excluding steroid dienone is 4. The van der Waals surface area contributed by atoms with Crippen molar-refractivity contribution in [2.75, 3.05) is 0 Å². The van der Waals surface area contributed by atoms with Crippen LogP contribution in [0, 0.1) is 5.92 Å². The van der Waals surface area contributed by atoms with Crippen LogP contribution >= 0.6 is 0 Å². The van der Waals surface area contributed by atoms with E-state index in [2.05, 4.69) is 26.5 Å². The highest BCUT2D eigenvalue weighted by Crippen LogP contribution is 2.24. The predicted molar refractivity (Wildman–Crippen MR) is 69.0 cm³/mol. The minimum Gasteiger partial charge on any atom is -0.491 e. The van der Waals surface area contributed by atoms with Gasteiger partial charge in [-0.1, -0.05) is 32.6 Å². The van der Waals surface area contributed by atoms with E-state index >= 15 is 0 Å². The second-order valence-electron chi connectivity index (χ2n) is 4.74. The molecule has 0 aromatic rings. The quantitative estimate of drug-likeness (QED) is 0.571. The highest BCUT2D eigenvalue weighted by Gasteiger charge is 2.27. The lowest BCUT2D eigenvalue weighted by Crippen LogP contribution is -2.41. The van der Waals surface area contributed by atoms with Gasteiger partial charge in [0.15, 0.2) is 0 Å². The van der Waals surface area contributed by atoms with Crippen molar-refractivity contribution in [3.8, 4) is 0 Å². The van der Waals surface area contributed by atoms with Gasteiger partial charge in [-0.05, 0) is 37.3 Å². The van der Waals surface area contributed by atoms with Gasteiger partial charge < -0.3 is 10.5 Å². The first kappa shape index (κ1) is 13.0. The topological polar surface area (TPSA) is 35.2 Å². The Kier molecular flexibility index (Phi) is 4.81. The molecule has 0 aromatic heterocycles. The Hall–Kier alpha value is -1.02. The van der Waals surface area contributed by atoms with Crippen LogP contribution in [0.15, 0.2) is 36.1 Å². The molecule has 0 bridgehead atoms. The lowest BCUT2D eigenvalue weighted by atomic mass is 9.90. The van der Waals surface area contributed by atoms with E-state index in [1.165, 1.54) is 5.57 Å². The van der Waals surface area contributed by atoms with Crippen LogP contribution in [0.25, 0.3) is 0 Å². The molecule has 2 nitrogen and oxygen atoms in total. The molecule has 1 aliphatic carbocycles. The van der Waals surface area contributed by atoms with Crippen molar-refractivity contribution in [1.82, 2.24) is 0 Å². The van der Waals surface area contributed by atoms with Gasteiger partial charge in [-0.15, -0.1) is 0 Å². The molecule has 0 spiro atoms. The normalized spacial score (nSPS) is 25.9. The third kappa shape index (κ3) is 3.86. The average Bonchev–Trinajstić information content (AvgIpc) is 2.14. The average molecular weight is 221 g/mol. The fourth-order valence-corrected chi connectivity index (χ4v) is 1.74. The summed E-state index contributed by atoms with van der Waals surface area (Å²) in [5.74, 6) is 1.24. The summed E-state index contributed by atoms with van der Waals surface area (Å²) in [5, 5.41) is 0. The molecule has 0 radical (unpaired) electrons. The Bertz CT molecular complexity index is 296. The molecule has 16 heavy (non-hydrogen) atoms. The van der Waals surface area contributed by atoms with E-state index in [1.54, 1.807) is 0 Å². The van der Waals surface area contributed by atoms with Gasteiger partial charge in [0, 0.05) is 6.04 Å². The standard InChI is InChI=1S/C14H23NO/c1-5-6-12(10(2)3)7-11(4)16-14-8-13(15)9-14/h5-7,10,13-14H,4,8-9,15H2,1-3H3/b6-5-,12-7+. The number of hydrogen-bond donors (Lipinski definition) is 1. The van der Waals surface area contributed by atoms with Crippen LogP contribution in [0.5, 0.6) is 0 Å². The van der Waals surface area contributed by atoms with Crippen molar-refractivity contribution < 1.29 is 4.74 Å². The van der Waals surface area contributed by atoms with Gasteiger partial charge in [-0.3, -0.25) is 0 Å². The summed E-state index contributed by atoms with van der Waals surface area (Å²) in [7, 11) is 0. The van der Waals surface area contributed by atoms with E-state index in [4.69, 9.17) is 10.5 Å². The second-order valence-corrected chi connectivity index (χ2v) is 4.74. The number of hydrogen-bond acceptors (Lipinski definition) is 2. The van der Waals surface area contributed by atoms with E-state index in [0.717, 1.165) is 18.6 Å². The zero-order chi connectivity index (χ0) is 12.1. The van der Waals surface area contributed by atoms with Crippen LogP contribution in [0.2, 0.25) is 0 Å². The monoisotopic (exact) mass is 221 g/mol. The fraction of sp³-hybridized carbons (Fsp3) is 0.571. The molecule has 0 aliphatic heterocycles. The van der Waals surface area contributed by atoms with E-state index in [1.807, 2.05) is 19.1 Å². The van der Waals surface area contributed by atoms with Crippen LogP contribution in [-0.2, 0) is 4.74 Å². The Morgan fingerprint density at radius 2 is 2.06 bits per heavy atom. The van der Waals surface area contributed by atoms with Gasteiger partial charge >= 0.3 is 0 Å². The van der Waals surface area contributed by atoms with Gasteiger partial charge in [0.25, 0.3) is 0 Å². The third-order valence-electron chi connectivity index (χ3n) is 2.80. The molecular weight excluding hydrogens is 198 g/mol. The zero-order valence-corrected chi connectivity index (χ0v) is 10.6. The highest BCUT2D eigenvalue weighted by atomic mass is 16.5. The summed E-state index contributed by atoms with van der Waals surface area (Å²) in [4.78, 5) is 0. The van der Waals surface area contributed by atoms with Gasteiger partial charge in [-0.2, -0.15) is 0 Å². The molecule has 0 atom stereocenters. The third-order valence-corrected chi connectivity index (χ3v) is 2.80. The van der Waals surface area contributed by atoms with Gasteiger partial charge in [0.05, 0.1) is 0 Å². The van der Waals surface area contributed by atoms with E-state index < -0.39 is 0 Å². The lowest BCUT2D eigenvalue weighted by Gasteiger charge is -2.32. The Balaban J connectivity index is 2.49. The molecular formula is C14H23NO. The van der Waals surface area contributed by atoms with Crippen LogP contribution in [0.4, 0.5) is 0 Å². The molecule has 1 rings (SSSR count). The molecule has 2 heteroatoms. The summed E-state index contributed by atoms with van der Waals surface area (Å²) in [5.41, 5.74) is 6.95. The van der Waals surface area contributed by atoms with E-state index in [9.17, 15) is 0 Å². The van der Waals surface area contributed by atoms with Crippen LogP contribution in [-0.4, -0.2) is 12.1 Å². The maximum absolute atomic E-state index is 5.71. The van der Waals surface area contributed by atoms with Gasteiger partial charge in [0.1, 0.15) is 11.9 Å². The summed E-state index contributed by atoms with van der Waals surface area (Å²) >= 11 is 0. The number of nitrogens with two attached hydrogens (primary N) is 1. The molecule has 1 saturated carbocycles. The molecule has 2 N–H and O–H groups in total. The highest BCUT2D eigenvalue weighted by molar-refractivity contribution is 5.27. The smallest absolute Gasteiger partial charge is 0.112 e. The van der Waals surface area contributed by atoms with Crippen molar-refractivity contribution in [2.24, 2.45) is 11.7 Å². The maximum Gasteiger partial charge on any atom is 0.112 e. The molecule has 0 unspecified atom stereocenters. The molecule has 0 aromatic carbocycles. The fourth-order valence-electron chi connectivity index (χ4n) is 1.74. The van der Waals surface area contributed by atoms with Crippen molar-refractivity contribution in [3.05, 3.63) is 36.1 Å². The van der Waals surface area contributed by atoms with Crippen molar-refractivity contribution >= 4 is 0 Å². The molecule has 90 valence electrons. The summed E-state index contributed by atoms with van der Waals surface area (Å²) in [6, 6.07) is 0.321. The molecule has 1 aliphatic rings. The SMILES string of the molecule is C=C(/C=C(\C=C/C)C(C)C)OC1CC(N)C1. The van der Waals surface area contributed by atoms with Crippen molar-refractivity contribution in [3.63, 3.8) is 0 Å². The Morgan fingerprint density at radius 3 is 2.50 bits per heavy atom. The minimum atomic E-state index is 0.276. The van der Waals surface area contributed by atoms with E-state index in [-0.39, 0.29) is 6.10 Å². The van der Waals surface area contributed by atoms with Crippen LogP contribution < -0.4 is 5.73 Å². The maximum atomic E-state index is 5.71. The van der Waals surface area contributed by atoms with E-state index in [0.29, 0.717) is 12.0 Å². The van der Waals surface area contributed by atoms with Crippen molar-refractivity contribution in [2.45, 2.75) is 45.8 Å². The van der Waals surface area contributed by atoms with Crippen molar-refractivity contribution in [1.29, 1.82) is 0 Å². The molecule has 0 amide bonds. The number of rotatable bonds is 5. The van der Waals surface area contributed by atoms with Crippen LogP contribution in [0.1, 0.15) is 33.6 Å². The first-order valence-electron chi connectivity index (χ1n) is 5.98. The predicted octanol–water partition coefficient (Wildman–Crippen LogP) is 3.16. The Labute approximate surface area is 98.9 Å². The summed E-state index contributed by atoms with van der Waals surface area (Å²) in [6.07, 6.45) is 8.34. The molecule has 0 heterocycles. The molecule has 0 saturated heterocycles. The minimum absolute atomic E-state index is 0.276. The zero-order valence-electron chi connectivity index (χ0n) is 10.6. The largest absolute Gasteiger partial charge is 0.491 e. The second kappa shape index (κ2) is 5.90. The lowest BCUT2D eigenvalue weighted by molar-refractivity contribution is 0.0452. The molecule has 1 fully saturated rings. The number of ether oxygens (including phenoxy) is 1. The van der Waals surface area contributed by atoms with Crippen LogP contribution in [0.3, 0.4) is 0 Å². The first-order valence-corrected chi connectivity index (χ1v) is 5.98. The first-order chi connectivity index (χ1) is 7.52. The van der Waals surface area contributed by atoms with Gasteiger partial charge in [-0.25, -0.2) is 0 Å². The summed E-state index contributed by atoms with van der Waals surface area (Å²) < 4.78 is 5.70.